The highest BCUT2D eigenvalue weighted by Crippen LogP contribution is 2.30. The molecule has 2 heterocycles. The number of fused-ring (bicyclic) bond motifs is 2. The molecule has 6 heteroatoms. The molecule has 3 N–H and O–H groups in total. The van der Waals surface area contributed by atoms with Gasteiger partial charge in [0.2, 0.25) is 11.8 Å². The topological polar surface area (TPSA) is 78.7 Å². The molecule has 2 saturated heterocycles. The maximum atomic E-state index is 12.2. The average molecular weight is 282 g/mol. The first-order valence-electron chi connectivity index (χ1n) is 7.37. The highest BCUT2D eigenvalue weighted by molar-refractivity contribution is 6.03. The molecule has 2 amide bonds. The molecule has 2 rings (SSSR count). The van der Waals surface area contributed by atoms with Gasteiger partial charge in [0, 0.05) is 31.2 Å². The van der Waals surface area contributed by atoms with E-state index in [0.717, 1.165) is 25.9 Å². The molecule has 0 aromatic carbocycles. The Kier molecular flexibility index (Phi) is 4.07. The molecule has 114 valence electrons. The van der Waals surface area contributed by atoms with E-state index in [1.54, 1.807) is 13.8 Å². The first-order valence-corrected chi connectivity index (χ1v) is 7.37. The lowest BCUT2D eigenvalue weighted by molar-refractivity contribution is -0.145. The molecular formula is C14H26N4O2. The predicted octanol–water partition coefficient (Wildman–Crippen LogP) is 0.0861. The SMILES string of the molecule is CC(C)N1C[C@H]2CC[C@@H](C1)N2NC(=O)C(C)(C)C(N)=O. The van der Waals surface area contributed by atoms with Crippen LogP contribution in [0.1, 0.15) is 40.5 Å². The lowest BCUT2D eigenvalue weighted by atomic mass is 9.92. The third kappa shape index (κ3) is 2.67. The highest BCUT2D eigenvalue weighted by atomic mass is 16.2. The van der Waals surface area contributed by atoms with Crippen molar-refractivity contribution in [2.75, 3.05) is 13.1 Å². The predicted molar refractivity (Wildman–Crippen MR) is 76.5 cm³/mol. The van der Waals surface area contributed by atoms with Crippen LogP contribution in [0.4, 0.5) is 0 Å². The van der Waals surface area contributed by atoms with Crippen LogP contribution in [-0.2, 0) is 9.59 Å². The monoisotopic (exact) mass is 282 g/mol. The molecule has 2 aliphatic rings. The standard InChI is InChI=1S/C14H26N4O2/c1-9(2)17-7-10-5-6-11(8-17)18(10)16-13(20)14(3,4)12(15)19/h9-11H,5-8H2,1-4H3,(H2,15,19)(H,16,20)/t10-,11+. The summed E-state index contributed by atoms with van der Waals surface area (Å²) in [5.74, 6) is -0.900. The Bertz CT molecular complexity index is 394. The summed E-state index contributed by atoms with van der Waals surface area (Å²) in [4.78, 5) is 26.0. The fourth-order valence-corrected chi connectivity index (χ4v) is 2.91. The van der Waals surface area contributed by atoms with Gasteiger partial charge in [-0.1, -0.05) is 0 Å². The molecule has 0 spiro atoms. The molecule has 2 aliphatic heterocycles. The molecule has 2 fully saturated rings. The molecule has 0 aliphatic carbocycles. The second-order valence-electron chi connectivity index (χ2n) is 6.77. The van der Waals surface area contributed by atoms with Crippen molar-refractivity contribution >= 4 is 11.8 Å². The van der Waals surface area contributed by atoms with Crippen LogP contribution in [0, 0.1) is 5.41 Å². The summed E-state index contributed by atoms with van der Waals surface area (Å²) in [6, 6.07) is 1.20. The van der Waals surface area contributed by atoms with Crippen molar-refractivity contribution in [2.45, 2.75) is 58.7 Å². The fourth-order valence-electron chi connectivity index (χ4n) is 2.91. The Morgan fingerprint density at radius 3 is 2.10 bits per heavy atom. The largest absolute Gasteiger partial charge is 0.369 e. The van der Waals surface area contributed by atoms with E-state index in [1.165, 1.54) is 0 Å². The zero-order valence-electron chi connectivity index (χ0n) is 12.8. The molecule has 0 aromatic heterocycles. The Morgan fingerprint density at radius 2 is 1.70 bits per heavy atom. The zero-order chi connectivity index (χ0) is 15.1. The Morgan fingerprint density at radius 1 is 1.20 bits per heavy atom. The summed E-state index contributed by atoms with van der Waals surface area (Å²) in [5, 5.41) is 2.05. The molecule has 0 unspecified atom stereocenters. The van der Waals surface area contributed by atoms with E-state index < -0.39 is 11.3 Å². The third-order valence-electron chi connectivity index (χ3n) is 4.66. The van der Waals surface area contributed by atoms with Crippen molar-refractivity contribution in [1.29, 1.82) is 0 Å². The molecule has 2 atom stereocenters. The summed E-state index contributed by atoms with van der Waals surface area (Å²) < 4.78 is 0. The van der Waals surface area contributed by atoms with Gasteiger partial charge in [-0.3, -0.25) is 19.9 Å². The summed E-state index contributed by atoms with van der Waals surface area (Å²) in [5.41, 5.74) is 7.05. The second kappa shape index (κ2) is 5.33. The number of amides is 2. The molecular weight excluding hydrogens is 256 g/mol. The summed E-state index contributed by atoms with van der Waals surface area (Å²) in [6.45, 7) is 9.46. The van der Waals surface area contributed by atoms with E-state index in [-0.39, 0.29) is 5.91 Å². The number of nitrogens with one attached hydrogen (secondary N) is 1. The number of primary amides is 1. The normalized spacial score (nSPS) is 27.9. The van der Waals surface area contributed by atoms with Gasteiger partial charge in [0.05, 0.1) is 0 Å². The van der Waals surface area contributed by atoms with Gasteiger partial charge in [0.25, 0.3) is 0 Å². The van der Waals surface area contributed by atoms with Crippen molar-refractivity contribution in [2.24, 2.45) is 11.1 Å². The molecule has 20 heavy (non-hydrogen) atoms. The second-order valence-corrected chi connectivity index (χ2v) is 6.77. The molecule has 0 aromatic rings. The van der Waals surface area contributed by atoms with Crippen LogP contribution in [-0.4, -0.2) is 52.9 Å². The quantitative estimate of drug-likeness (QED) is 0.716. The van der Waals surface area contributed by atoms with Crippen LogP contribution in [0.15, 0.2) is 0 Å². The zero-order valence-corrected chi connectivity index (χ0v) is 12.8. The van der Waals surface area contributed by atoms with Gasteiger partial charge in [-0.25, -0.2) is 5.01 Å². The van der Waals surface area contributed by atoms with Crippen LogP contribution in [0.3, 0.4) is 0 Å². The average Bonchev–Trinajstić information content (AvgIpc) is 2.60. The minimum absolute atomic E-state index is 0.306. The van der Waals surface area contributed by atoms with Crippen molar-refractivity contribution in [3.05, 3.63) is 0 Å². The number of rotatable bonds is 4. The van der Waals surface area contributed by atoms with Crippen LogP contribution in [0.5, 0.6) is 0 Å². The van der Waals surface area contributed by atoms with Gasteiger partial charge in [0.1, 0.15) is 5.41 Å². The lowest BCUT2D eigenvalue weighted by Gasteiger charge is -2.43. The number of hydrogen-bond donors (Lipinski definition) is 2. The first-order chi connectivity index (χ1) is 9.23. The van der Waals surface area contributed by atoms with Gasteiger partial charge in [-0.05, 0) is 40.5 Å². The van der Waals surface area contributed by atoms with E-state index in [1.807, 2.05) is 5.01 Å². The maximum absolute atomic E-state index is 12.2. The smallest absolute Gasteiger partial charge is 0.249 e. The highest BCUT2D eigenvalue weighted by Gasteiger charge is 2.44. The number of hydrogen-bond acceptors (Lipinski definition) is 4. The number of nitrogens with two attached hydrogens (primary N) is 1. The molecule has 2 bridgehead atoms. The van der Waals surface area contributed by atoms with Crippen molar-refractivity contribution in [3.8, 4) is 0 Å². The van der Waals surface area contributed by atoms with Gasteiger partial charge in [-0.2, -0.15) is 0 Å². The lowest BCUT2D eigenvalue weighted by Crippen LogP contribution is -2.63. The first kappa shape index (κ1) is 15.3. The van der Waals surface area contributed by atoms with Crippen LogP contribution < -0.4 is 11.2 Å². The van der Waals surface area contributed by atoms with Gasteiger partial charge in [-0.15, -0.1) is 0 Å². The number of likely N-dealkylation sites (tertiary alicyclic amines) is 1. The van der Waals surface area contributed by atoms with Crippen LogP contribution in [0.2, 0.25) is 0 Å². The Labute approximate surface area is 120 Å². The van der Waals surface area contributed by atoms with E-state index in [9.17, 15) is 9.59 Å². The minimum Gasteiger partial charge on any atom is -0.369 e. The van der Waals surface area contributed by atoms with E-state index >= 15 is 0 Å². The molecule has 0 saturated carbocycles. The van der Waals surface area contributed by atoms with E-state index in [0.29, 0.717) is 18.1 Å². The van der Waals surface area contributed by atoms with Crippen LogP contribution in [0.25, 0.3) is 0 Å². The molecule has 0 radical (unpaired) electrons. The van der Waals surface area contributed by atoms with Gasteiger partial charge >= 0.3 is 0 Å². The Balaban J connectivity index is 2.02. The third-order valence-corrected chi connectivity index (χ3v) is 4.66. The maximum Gasteiger partial charge on any atom is 0.249 e. The number of hydrazine groups is 1. The number of carbonyl (C=O) groups excluding carboxylic acids is 2. The summed E-state index contributed by atoms with van der Waals surface area (Å²) in [6.07, 6.45) is 2.18. The van der Waals surface area contributed by atoms with Gasteiger partial charge < -0.3 is 5.73 Å². The number of carbonyl (C=O) groups is 2. The van der Waals surface area contributed by atoms with Crippen LogP contribution >= 0.6 is 0 Å². The number of nitrogens with zero attached hydrogens (tertiary/aromatic N) is 2. The minimum atomic E-state index is -1.17. The van der Waals surface area contributed by atoms with E-state index in [2.05, 4.69) is 24.2 Å². The Hall–Kier alpha value is -1.14. The summed E-state index contributed by atoms with van der Waals surface area (Å²) >= 11 is 0. The summed E-state index contributed by atoms with van der Waals surface area (Å²) in [7, 11) is 0. The van der Waals surface area contributed by atoms with Crippen molar-refractivity contribution < 1.29 is 9.59 Å². The number of piperazine rings is 1. The van der Waals surface area contributed by atoms with Crippen molar-refractivity contribution in [1.82, 2.24) is 15.3 Å². The fraction of sp³-hybridized carbons (Fsp3) is 0.857. The van der Waals surface area contributed by atoms with Gasteiger partial charge in [0.15, 0.2) is 0 Å². The van der Waals surface area contributed by atoms with Crippen molar-refractivity contribution in [3.63, 3.8) is 0 Å². The molecule has 6 nitrogen and oxygen atoms in total. The van der Waals surface area contributed by atoms with E-state index in [4.69, 9.17) is 5.73 Å².